The molecule has 2 unspecified atom stereocenters. The molecular weight excluding hydrogens is 303 g/mol. The van der Waals surface area contributed by atoms with Crippen LogP contribution in [-0.4, -0.2) is 29.9 Å². The fourth-order valence-electron chi connectivity index (χ4n) is 2.27. The molecule has 0 fully saturated rings. The summed E-state index contributed by atoms with van der Waals surface area (Å²) in [6.07, 6.45) is 2.43. The smallest absolute Gasteiger partial charge is 0.239 e. The number of nitrogens with zero attached hydrogens (tertiary/aromatic N) is 1. The van der Waals surface area contributed by atoms with Crippen LogP contribution in [0.25, 0.3) is 0 Å². The monoisotopic (exact) mass is 330 g/mol. The molecule has 0 saturated heterocycles. The van der Waals surface area contributed by atoms with Gasteiger partial charge in [-0.3, -0.25) is 4.79 Å². The standard InChI is InChI=1S/C17H27FN2O.ClH/c1-4-10-20(17(21)16(19)13(3)5-2)11-9-14-7-6-8-15(18)12-14;/h6-8,12-13,16H,4-5,9-11,19H2,1-3H3;1H. The van der Waals surface area contributed by atoms with Crippen LogP contribution >= 0.6 is 12.4 Å². The van der Waals surface area contributed by atoms with Gasteiger partial charge >= 0.3 is 0 Å². The molecule has 1 aromatic rings. The summed E-state index contributed by atoms with van der Waals surface area (Å²) >= 11 is 0. The number of hydrogen-bond donors (Lipinski definition) is 1. The van der Waals surface area contributed by atoms with Crippen molar-refractivity contribution in [1.29, 1.82) is 0 Å². The van der Waals surface area contributed by atoms with E-state index in [9.17, 15) is 9.18 Å². The fraction of sp³-hybridized carbons (Fsp3) is 0.588. The van der Waals surface area contributed by atoms with Gasteiger partial charge in [-0.15, -0.1) is 12.4 Å². The number of nitrogens with two attached hydrogens (primary N) is 1. The number of hydrogen-bond acceptors (Lipinski definition) is 2. The Morgan fingerprint density at radius 3 is 2.55 bits per heavy atom. The molecule has 0 aliphatic rings. The molecule has 0 aliphatic carbocycles. The van der Waals surface area contributed by atoms with E-state index in [1.165, 1.54) is 12.1 Å². The maximum absolute atomic E-state index is 13.2. The highest BCUT2D eigenvalue weighted by Gasteiger charge is 2.24. The lowest BCUT2D eigenvalue weighted by molar-refractivity contribution is -0.133. The van der Waals surface area contributed by atoms with E-state index in [2.05, 4.69) is 0 Å². The van der Waals surface area contributed by atoms with Crippen LogP contribution in [0.4, 0.5) is 4.39 Å². The van der Waals surface area contributed by atoms with E-state index in [1.54, 1.807) is 6.07 Å². The molecule has 0 aromatic heterocycles. The van der Waals surface area contributed by atoms with Gasteiger partial charge in [-0.05, 0) is 36.5 Å². The molecule has 0 spiro atoms. The molecule has 5 heteroatoms. The highest BCUT2D eigenvalue weighted by atomic mass is 35.5. The van der Waals surface area contributed by atoms with Crippen molar-refractivity contribution in [1.82, 2.24) is 4.90 Å². The van der Waals surface area contributed by atoms with Crippen LogP contribution in [0.5, 0.6) is 0 Å². The number of halogens is 2. The first kappa shape index (κ1) is 20.9. The number of carbonyl (C=O) groups excluding carboxylic acids is 1. The van der Waals surface area contributed by atoms with Crippen molar-refractivity contribution in [2.75, 3.05) is 13.1 Å². The summed E-state index contributed by atoms with van der Waals surface area (Å²) in [5.41, 5.74) is 6.95. The summed E-state index contributed by atoms with van der Waals surface area (Å²) in [7, 11) is 0. The van der Waals surface area contributed by atoms with Crippen LogP contribution in [0, 0.1) is 11.7 Å². The van der Waals surface area contributed by atoms with Crippen LogP contribution in [0.2, 0.25) is 0 Å². The van der Waals surface area contributed by atoms with Gasteiger partial charge in [0.15, 0.2) is 0 Å². The second kappa shape index (κ2) is 10.6. The minimum Gasteiger partial charge on any atom is -0.341 e. The Kier molecular flexibility index (Phi) is 10.0. The normalized spacial score (nSPS) is 13.1. The maximum atomic E-state index is 13.2. The second-order valence-electron chi connectivity index (χ2n) is 5.62. The first-order valence-corrected chi connectivity index (χ1v) is 7.78. The Hall–Kier alpha value is -1.13. The Morgan fingerprint density at radius 1 is 1.32 bits per heavy atom. The highest BCUT2D eigenvalue weighted by molar-refractivity contribution is 5.85. The molecule has 0 aliphatic heterocycles. The van der Waals surface area contributed by atoms with Gasteiger partial charge in [-0.1, -0.05) is 39.3 Å². The van der Waals surface area contributed by atoms with Crippen molar-refractivity contribution in [3.8, 4) is 0 Å². The van der Waals surface area contributed by atoms with Crippen LogP contribution < -0.4 is 5.73 Å². The average Bonchev–Trinajstić information content (AvgIpc) is 2.49. The minimum atomic E-state index is -0.450. The fourth-order valence-corrected chi connectivity index (χ4v) is 2.27. The first-order chi connectivity index (χ1) is 9.99. The van der Waals surface area contributed by atoms with Crippen molar-refractivity contribution < 1.29 is 9.18 Å². The molecule has 22 heavy (non-hydrogen) atoms. The summed E-state index contributed by atoms with van der Waals surface area (Å²) in [5, 5.41) is 0. The van der Waals surface area contributed by atoms with Gasteiger partial charge in [-0.25, -0.2) is 4.39 Å². The van der Waals surface area contributed by atoms with Gasteiger partial charge in [0.2, 0.25) is 5.91 Å². The van der Waals surface area contributed by atoms with Crippen molar-refractivity contribution in [2.24, 2.45) is 11.7 Å². The Morgan fingerprint density at radius 2 is 2.00 bits per heavy atom. The molecule has 1 aromatic carbocycles. The summed E-state index contributed by atoms with van der Waals surface area (Å²) in [5.74, 6) is -0.0641. The van der Waals surface area contributed by atoms with Crippen molar-refractivity contribution in [3.05, 3.63) is 35.6 Å². The van der Waals surface area contributed by atoms with Crippen LogP contribution in [0.3, 0.4) is 0 Å². The molecule has 126 valence electrons. The zero-order valence-electron chi connectivity index (χ0n) is 13.7. The second-order valence-corrected chi connectivity index (χ2v) is 5.62. The SMILES string of the molecule is CCCN(CCc1cccc(F)c1)C(=O)C(N)C(C)CC.Cl. The quantitative estimate of drug-likeness (QED) is 0.794. The predicted octanol–water partition coefficient (Wildman–Crippen LogP) is 3.40. The summed E-state index contributed by atoms with van der Waals surface area (Å²) in [6, 6.07) is 6.07. The van der Waals surface area contributed by atoms with Crippen molar-refractivity contribution in [3.63, 3.8) is 0 Å². The maximum Gasteiger partial charge on any atom is 0.239 e. The van der Waals surface area contributed by atoms with Crippen LogP contribution in [-0.2, 0) is 11.2 Å². The van der Waals surface area contributed by atoms with Crippen LogP contribution in [0.15, 0.2) is 24.3 Å². The molecule has 0 heterocycles. The van der Waals surface area contributed by atoms with E-state index >= 15 is 0 Å². The minimum absolute atomic E-state index is 0. The third-order valence-corrected chi connectivity index (χ3v) is 3.91. The zero-order valence-corrected chi connectivity index (χ0v) is 14.5. The first-order valence-electron chi connectivity index (χ1n) is 7.78. The number of benzene rings is 1. The van der Waals surface area contributed by atoms with E-state index in [1.807, 2.05) is 31.7 Å². The van der Waals surface area contributed by atoms with Crippen LogP contribution in [0.1, 0.15) is 39.2 Å². The Balaban J connectivity index is 0.00000441. The number of rotatable bonds is 8. The topological polar surface area (TPSA) is 46.3 Å². The molecule has 3 nitrogen and oxygen atoms in total. The van der Waals surface area contributed by atoms with E-state index < -0.39 is 6.04 Å². The van der Waals surface area contributed by atoms with E-state index in [-0.39, 0.29) is 30.0 Å². The largest absolute Gasteiger partial charge is 0.341 e. The van der Waals surface area contributed by atoms with E-state index in [0.717, 1.165) is 18.4 Å². The summed E-state index contributed by atoms with van der Waals surface area (Å²) in [6.45, 7) is 7.35. The number of amides is 1. The van der Waals surface area contributed by atoms with Crippen molar-refractivity contribution >= 4 is 18.3 Å². The molecular formula is C17H28ClFN2O. The van der Waals surface area contributed by atoms with Gasteiger partial charge in [0.05, 0.1) is 6.04 Å². The van der Waals surface area contributed by atoms with Crippen molar-refractivity contribution in [2.45, 2.75) is 46.1 Å². The predicted molar refractivity (Wildman–Crippen MR) is 91.7 cm³/mol. The lowest BCUT2D eigenvalue weighted by Gasteiger charge is -2.28. The molecule has 2 N–H and O–H groups in total. The van der Waals surface area contributed by atoms with Gasteiger partial charge in [0.25, 0.3) is 0 Å². The molecule has 0 radical (unpaired) electrons. The lowest BCUT2D eigenvalue weighted by atomic mass is 9.98. The van der Waals surface area contributed by atoms with Gasteiger partial charge < -0.3 is 10.6 Å². The van der Waals surface area contributed by atoms with Gasteiger partial charge in [0, 0.05) is 13.1 Å². The third-order valence-electron chi connectivity index (χ3n) is 3.91. The summed E-state index contributed by atoms with van der Waals surface area (Å²) in [4.78, 5) is 14.3. The summed E-state index contributed by atoms with van der Waals surface area (Å²) < 4.78 is 13.2. The van der Waals surface area contributed by atoms with E-state index in [0.29, 0.717) is 19.5 Å². The zero-order chi connectivity index (χ0) is 15.8. The highest BCUT2D eigenvalue weighted by Crippen LogP contribution is 2.11. The molecule has 0 saturated carbocycles. The van der Waals surface area contributed by atoms with Gasteiger partial charge in [-0.2, -0.15) is 0 Å². The Bertz CT molecular complexity index is 456. The van der Waals surface area contributed by atoms with E-state index in [4.69, 9.17) is 5.73 Å². The lowest BCUT2D eigenvalue weighted by Crippen LogP contribution is -2.48. The molecule has 0 bridgehead atoms. The Labute approximate surface area is 139 Å². The number of carbonyl (C=O) groups is 1. The van der Waals surface area contributed by atoms with Gasteiger partial charge in [0.1, 0.15) is 5.82 Å². The average molecular weight is 331 g/mol. The molecule has 1 rings (SSSR count). The third kappa shape index (κ3) is 6.32. The molecule has 2 atom stereocenters. The molecule has 1 amide bonds.